The summed E-state index contributed by atoms with van der Waals surface area (Å²) < 4.78 is 0. The van der Waals surface area contributed by atoms with Crippen molar-refractivity contribution in [2.24, 2.45) is 5.92 Å². The Morgan fingerprint density at radius 2 is 1.73 bits per heavy atom. The predicted octanol–water partition coefficient (Wildman–Crippen LogP) is 3.26. The number of para-hydroxylation sites is 1. The van der Waals surface area contributed by atoms with E-state index in [1.807, 2.05) is 0 Å². The Hall–Kier alpha value is -1.29. The van der Waals surface area contributed by atoms with E-state index in [9.17, 15) is 0 Å². The second-order valence-electron chi connectivity index (χ2n) is 6.63. The van der Waals surface area contributed by atoms with E-state index in [1.165, 1.54) is 31.4 Å². The number of anilines is 1. The maximum Gasteiger partial charge on any atom is 0.169 e. The van der Waals surface area contributed by atoms with Crippen LogP contribution in [-0.2, 0) is 0 Å². The van der Waals surface area contributed by atoms with Crippen LogP contribution in [0.3, 0.4) is 0 Å². The van der Waals surface area contributed by atoms with Gasteiger partial charge in [0.2, 0.25) is 0 Å². The normalized spacial score (nSPS) is 25.9. The third kappa shape index (κ3) is 3.72. The first-order valence-electron chi connectivity index (χ1n) is 8.59. The fourth-order valence-corrected chi connectivity index (χ4v) is 3.92. The SMILES string of the molecule is C[C@@H]1CCCC[C@@H]1NC(=S)N1CCN(c2ccccc2)CC1. The number of thiocarbonyl (C=S) groups is 1. The van der Waals surface area contributed by atoms with E-state index < -0.39 is 0 Å². The van der Waals surface area contributed by atoms with E-state index in [1.54, 1.807) is 0 Å². The summed E-state index contributed by atoms with van der Waals surface area (Å²) in [5, 5.41) is 4.60. The Bertz CT molecular complexity index is 482. The highest BCUT2D eigenvalue weighted by Crippen LogP contribution is 2.24. The van der Waals surface area contributed by atoms with Gasteiger partial charge in [0.15, 0.2) is 5.11 Å². The van der Waals surface area contributed by atoms with Gasteiger partial charge < -0.3 is 15.1 Å². The van der Waals surface area contributed by atoms with Gasteiger partial charge in [-0.1, -0.05) is 38.0 Å². The molecule has 120 valence electrons. The van der Waals surface area contributed by atoms with Gasteiger partial charge in [-0.3, -0.25) is 0 Å². The molecule has 1 heterocycles. The van der Waals surface area contributed by atoms with Crippen molar-refractivity contribution in [3.8, 4) is 0 Å². The number of piperazine rings is 1. The zero-order chi connectivity index (χ0) is 15.4. The highest BCUT2D eigenvalue weighted by Gasteiger charge is 2.25. The first-order valence-corrected chi connectivity index (χ1v) is 9.00. The summed E-state index contributed by atoms with van der Waals surface area (Å²) in [5.41, 5.74) is 1.32. The quantitative estimate of drug-likeness (QED) is 0.844. The summed E-state index contributed by atoms with van der Waals surface area (Å²) in [4.78, 5) is 4.79. The molecular formula is C18H27N3S. The molecule has 1 saturated carbocycles. The van der Waals surface area contributed by atoms with E-state index in [0.717, 1.165) is 37.2 Å². The summed E-state index contributed by atoms with van der Waals surface area (Å²) in [6.07, 6.45) is 5.32. The summed E-state index contributed by atoms with van der Waals surface area (Å²) >= 11 is 5.66. The van der Waals surface area contributed by atoms with E-state index >= 15 is 0 Å². The molecule has 3 rings (SSSR count). The lowest BCUT2D eigenvalue weighted by Gasteiger charge is -2.39. The number of hydrogen-bond acceptors (Lipinski definition) is 2. The third-order valence-corrected chi connectivity index (χ3v) is 5.48. The van der Waals surface area contributed by atoms with Crippen molar-refractivity contribution in [1.82, 2.24) is 10.2 Å². The Balaban J connectivity index is 1.49. The van der Waals surface area contributed by atoms with Gasteiger partial charge in [0, 0.05) is 37.9 Å². The molecule has 0 bridgehead atoms. The minimum Gasteiger partial charge on any atom is -0.368 e. The first kappa shape index (κ1) is 15.6. The molecule has 1 aromatic carbocycles. The number of rotatable bonds is 2. The Morgan fingerprint density at radius 3 is 2.41 bits per heavy atom. The number of nitrogens with zero attached hydrogens (tertiary/aromatic N) is 2. The fourth-order valence-electron chi connectivity index (χ4n) is 3.59. The molecule has 2 fully saturated rings. The van der Waals surface area contributed by atoms with Crippen molar-refractivity contribution in [2.45, 2.75) is 38.6 Å². The fraction of sp³-hybridized carbons (Fsp3) is 0.611. The van der Waals surface area contributed by atoms with E-state index in [2.05, 4.69) is 52.4 Å². The summed E-state index contributed by atoms with van der Waals surface area (Å²) in [6, 6.07) is 11.3. The molecule has 2 atom stereocenters. The molecule has 22 heavy (non-hydrogen) atoms. The van der Waals surface area contributed by atoms with Crippen molar-refractivity contribution >= 4 is 23.0 Å². The smallest absolute Gasteiger partial charge is 0.169 e. The average molecular weight is 318 g/mol. The van der Waals surface area contributed by atoms with Crippen molar-refractivity contribution in [3.05, 3.63) is 30.3 Å². The monoisotopic (exact) mass is 317 g/mol. The highest BCUT2D eigenvalue weighted by atomic mass is 32.1. The number of benzene rings is 1. The largest absolute Gasteiger partial charge is 0.368 e. The van der Waals surface area contributed by atoms with Gasteiger partial charge in [-0.15, -0.1) is 0 Å². The standard InChI is InChI=1S/C18H27N3S/c1-15-7-5-6-10-17(15)19-18(22)21-13-11-20(12-14-21)16-8-3-2-4-9-16/h2-4,8-9,15,17H,5-7,10-14H2,1H3,(H,19,22)/t15-,17+/m1/s1. The number of nitrogens with one attached hydrogen (secondary N) is 1. The molecule has 4 heteroatoms. The lowest BCUT2D eigenvalue weighted by Crippen LogP contribution is -2.54. The molecule has 0 spiro atoms. The molecule has 1 aliphatic carbocycles. The van der Waals surface area contributed by atoms with Crippen LogP contribution in [0.15, 0.2) is 30.3 Å². The van der Waals surface area contributed by atoms with Crippen LogP contribution < -0.4 is 10.2 Å². The molecule has 0 amide bonds. The van der Waals surface area contributed by atoms with Crippen LogP contribution in [0, 0.1) is 5.92 Å². The molecule has 1 N–H and O–H groups in total. The molecule has 0 radical (unpaired) electrons. The Kier molecular flexibility index (Phi) is 5.19. The van der Waals surface area contributed by atoms with E-state index in [-0.39, 0.29) is 0 Å². The summed E-state index contributed by atoms with van der Waals surface area (Å²) in [6.45, 7) is 6.48. The van der Waals surface area contributed by atoms with Gasteiger partial charge in [0.1, 0.15) is 0 Å². The topological polar surface area (TPSA) is 18.5 Å². The van der Waals surface area contributed by atoms with Crippen molar-refractivity contribution in [2.75, 3.05) is 31.1 Å². The highest BCUT2D eigenvalue weighted by molar-refractivity contribution is 7.80. The van der Waals surface area contributed by atoms with Crippen molar-refractivity contribution in [3.63, 3.8) is 0 Å². The minimum absolute atomic E-state index is 0.577. The molecule has 2 aliphatic rings. The molecule has 1 aliphatic heterocycles. The molecule has 3 nitrogen and oxygen atoms in total. The van der Waals surface area contributed by atoms with Gasteiger partial charge in [-0.25, -0.2) is 0 Å². The predicted molar refractivity (Wildman–Crippen MR) is 97.4 cm³/mol. The van der Waals surface area contributed by atoms with Gasteiger partial charge in [0.05, 0.1) is 0 Å². The van der Waals surface area contributed by atoms with Gasteiger partial charge in [-0.2, -0.15) is 0 Å². The van der Waals surface area contributed by atoms with E-state index in [0.29, 0.717) is 6.04 Å². The lowest BCUT2D eigenvalue weighted by molar-refractivity contribution is 0.293. The second-order valence-corrected chi connectivity index (χ2v) is 7.01. The third-order valence-electron chi connectivity index (χ3n) is 5.11. The van der Waals surface area contributed by atoms with Crippen LogP contribution in [0.2, 0.25) is 0 Å². The zero-order valence-corrected chi connectivity index (χ0v) is 14.3. The summed E-state index contributed by atoms with van der Waals surface area (Å²) in [7, 11) is 0. The van der Waals surface area contributed by atoms with Gasteiger partial charge >= 0.3 is 0 Å². The maximum atomic E-state index is 5.66. The Labute approximate surface area is 139 Å². The maximum absolute atomic E-state index is 5.66. The van der Waals surface area contributed by atoms with Crippen LogP contribution in [0.4, 0.5) is 5.69 Å². The molecule has 0 aromatic heterocycles. The van der Waals surface area contributed by atoms with Crippen LogP contribution in [-0.4, -0.2) is 42.2 Å². The van der Waals surface area contributed by atoms with Crippen molar-refractivity contribution in [1.29, 1.82) is 0 Å². The molecule has 0 unspecified atom stereocenters. The Morgan fingerprint density at radius 1 is 1.05 bits per heavy atom. The van der Waals surface area contributed by atoms with Gasteiger partial charge in [0.25, 0.3) is 0 Å². The van der Waals surface area contributed by atoms with Crippen LogP contribution in [0.25, 0.3) is 0 Å². The van der Waals surface area contributed by atoms with Gasteiger partial charge in [-0.05, 0) is 43.1 Å². The van der Waals surface area contributed by atoms with Crippen LogP contribution >= 0.6 is 12.2 Å². The molecule has 1 aromatic rings. The molecule has 1 saturated heterocycles. The summed E-state index contributed by atoms with van der Waals surface area (Å²) in [5.74, 6) is 0.748. The van der Waals surface area contributed by atoms with Crippen LogP contribution in [0.1, 0.15) is 32.6 Å². The first-order chi connectivity index (χ1) is 10.7. The minimum atomic E-state index is 0.577. The average Bonchev–Trinajstić information content (AvgIpc) is 2.58. The zero-order valence-electron chi connectivity index (χ0n) is 13.5. The second kappa shape index (κ2) is 7.32. The number of hydrogen-bond donors (Lipinski definition) is 1. The van der Waals surface area contributed by atoms with Crippen molar-refractivity contribution < 1.29 is 0 Å². The van der Waals surface area contributed by atoms with Crippen LogP contribution in [0.5, 0.6) is 0 Å². The van der Waals surface area contributed by atoms with E-state index in [4.69, 9.17) is 12.2 Å². The lowest BCUT2D eigenvalue weighted by atomic mass is 9.86. The molecular weight excluding hydrogens is 290 g/mol.